The van der Waals surface area contributed by atoms with E-state index in [1.165, 1.54) is 87.3 Å². The van der Waals surface area contributed by atoms with Crippen LogP contribution in [-0.4, -0.2) is 8.80 Å². The van der Waals surface area contributed by atoms with Gasteiger partial charge in [0.15, 0.2) is 0 Å². The van der Waals surface area contributed by atoms with Gasteiger partial charge in [-0.05, 0) is 47.5 Å². The summed E-state index contributed by atoms with van der Waals surface area (Å²) in [7, 11) is 0. The minimum Gasteiger partial charge on any atom is -0.455 e. The highest BCUT2D eigenvalue weighted by Crippen LogP contribution is 2.50. The van der Waals surface area contributed by atoms with Gasteiger partial charge >= 0.3 is 0 Å². The molecule has 9 aromatic carbocycles. The molecule has 0 fully saturated rings. The summed E-state index contributed by atoms with van der Waals surface area (Å²) in [5, 5.41) is 14.6. The lowest BCUT2D eigenvalue weighted by Gasteiger charge is -2.07. The largest absolute Gasteiger partial charge is 0.455 e. The number of para-hydroxylation sites is 6. The second kappa shape index (κ2) is 10.1. The molecule has 0 bridgehead atoms. The lowest BCUT2D eigenvalue weighted by molar-refractivity contribution is 0.669. The van der Waals surface area contributed by atoms with Crippen LogP contribution in [0.4, 0.5) is 0 Å². The first-order valence-corrected chi connectivity index (χ1v) is 19.9. The highest BCUT2D eigenvalue weighted by atomic mass is 16.3. The van der Waals surface area contributed by atoms with Crippen molar-refractivity contribution in [3.8, 4) is 22.3 Å². The fourth-order valence-corrected chi connectivity index (χ4v) is 10.9. The Labute approximate surface area is 328 Å². The van der Waals surface area contributed by atoms with E-state index in [-0.39, 0.29) is 0 Å². The number of furan rings is 2. The fourth-order valence-electron chi connectivity index (χ4n) is 10.9. The van der Waals surface area contributed by atoms with Gasteiger partial charge in [-0.15, -0.1) is 0 Å². The SMILES string of the molecule is c1ccc2c(c1)oc1c(-c3ccc4c5cc6c(cc5n5c7ccccc7c3c45)c3ccc(-c4cccc5c4oc4ccccc45)c4c5ccccc5n6c34)cccc12. The van der Waals surface area contributed by atoms with E-state index in [0.29, 0.717) is 0 Å². The van der Waals surface area contributed by atoms with E-state index in [1.54, 1.807) is 0 Å². The third-order valence-corrected chi connectivity index (χ3v) is 13.2. The van der Waals surface area contributed by atoms with E-state index in [1.807, 2.05) is 12.1 Å². The molecule has 15 aromatic rings. The zero-order valence-corrected chi connectivity index (χ0v) is 30.9. The first-order valence-electron chi connectivity index (χ1n) is 19.9. The lowest BCUT2D eigenvalue weighted by Crippen LogP contribution is -1.83. The van der Waals surface area contributed by atoms with Gasteiger partial charge in [-0.2, -0.15) is 0 Å². The third-order valence-electron chi connectivity index (χ3n) is 13.2. The number of fused-ring (bicyclic) bond motifs is 18. The first kappa shape index (κ1) is 29.5. The van der Waals surface area contributed by atoms with Crippen molar-refractivity contribution >= 4 is 120 Å². The Morgan fingerprint density at radius 1 is 0.276 bits per heavy atom. The van der Waals surface area contributed by atoms with Crippen molar-refractivity contribution in [3.63, 3.8) is 0 Å². The number of benzene rings is 9. The van der Waals surface area contributed by atoms with Crippen molar-refractivity contribution in [2.45, 2.75) is 0 Å². The van der Waals surface area contributed by atoms with Crippen LogP contribution in [0.15, 0.2) is 179 Å². The molecular formula is C54H28N2O2. The Morgan fingerprint density at radius 2 is 0.690 bits per heavy atom. The van der Waals surface area contributed by atoms with E-state index in [0.717, 1.165) is 55.0 Å². The van der Waals surface area contributed by atoms with Crippen molar-refractivity contribution in [2.75, 3.05) is 0 Å². The van der Waals surface area contributed by atoms with E-state index >= 15 is 0 Å². The molecule has 266 valence electrons. The van der Waals surface area contributed by atoms with E-state index in [2.05, 4.69) is 167 Å². The number of nitrogens with zero attached hydrogens (tertiary/aromatic N) is 2. The van der Waals surface area contributed by atoms with Gasteiger partial charge in [0.05, 0.1) is 33.1 Å². The quantitative estimate of drug-likeness (QED) is 0.177. The molecule has 58 heavy (non-hydrogen) atoms. The van der Waals surface area contributed by atoms with Crippen LogP contribution in [0.3, 0.4) is 0 Å². The Balaban J connectivity index is 1.06. The maximum atomic E-state index is 6.61. The maximum Gasteiger partial charge on any atom is 0.143 e. The molecule has 15 rings (SSSR count). The predicted octanol–water partition coefficient (Wildman–Crippen LogP) is 15.1. The molecule has 0 unspecified atom stereocenters. The number of aromatic nitrogens is 2. The highest BCUT2D eigenvalue weighted by Gasteiger charge is 2.26. The van der Waals surface area contributed by atoms with Crippen LogP contribution in [0.1, 0.15) is 0 Å². The van der Waals surface area contributed by atoms with Crippen LogP contribution < -0.4 is 0 Å². The molecule has 0 aliphatic rings. The van der Waals surface area contributed by atoms with Gasteiger partial charge in [-0.1, -0.05) is 133 Å². The van der Waals surface area contributed by atoms with Crippen molar-refractivity contribution in [1.82, 2.24) is 8.80 Å². The maximum absolute atomic E-state index is 6.61. The van der Waals surface area contributed by atoms with E-state index in [4.69, 9.17) is 8.83 Å². The van der Waals surface area contributed by atoms with Crippen LogP contribution >= 0.6 is 0 Å². The van der Waals surface area contributed by atoms with Crippen LogP contribution in [0, 0.1) is 0 Å². The molecule has 0 aliphatic heterocycles. The number of hydrogen-bond acceptors (Lipinski definition) is 2. The Kier molecular flexibility index (Phi) is 5.14. The summed E-state index contributed by atoms with van der Waals surface area (Å²) < 4.78 is 18.2. The van der Waals surface area contributed by atoms with Crippen molar-refractivity contribution < 1.29 is 8.83 Å². The zero-order valence-electron chi connectivity index (χ0n) is 30.9. The molecule has 6 aromatic heterocycles. The highest BCUT2D eigenvalue weighted by molar-refractivity contribution is 6.32. The average Bonchev–Trinajstić information content (AvgIpc) is 4.12. The van der Waals surface area contributed by atoms with Crippen LogP contribution in [0.25, 0.3) is 142 Å². The third kappa shape index (κ3) is 3.38. The topological polar surface area (TPSA) is 35.1 Å². The van der Waals surface area contributed by atoms with Gasteiger partial charge in [0.1, 0.15) is 22.3 Å². The van der Waals surface area contributed by atoms with Crippen molar-refractivity contribution in [2.24, 2.45) is 0 Å². The normalized spacial score (nSPS) is 12.8. The van der Waals surface area contributed by atoms with Crippen LogP contribution in [-0.2, 0) is 0 Å². The molecule has 6 heterocycles. The molecule has 0 aliphatic carbocycles. The monoisotopic (exact) mass is 736 g/mol. The van der Waals surface area contributed by atoms with Gasteiger partial charge < -0.3 is 17.6 Å². The molecule has 4 heteroatoms. The summed E-state index contributed by atoms with van der Waals surface area (Å²) in [6.07, 6.45) is 0. The summed E-state index contributed by atoms with van der Waals surface area (Å²) in [6.45, 7) is 0. The minimum atomic E-state index is 0.914. The van der Waals surface area contributed by atoms with Gasteiger partial charge in [-0.3, -0.25) is 0 Å². The Hall–Kier alpha value is -7.82. The molecule has 0 spiro atoms. The van der Waals surface area contributed by atoms with Crippen LogP contribution in [0.2, 0.25) is 0 Å². The van der Waals surface area contributed by atoms with Crippen molar-refractivity contribution in [3.05, 3.63) is 170 Å². The summed E-state index contributed by atoms with van der Waals surface area (Å²) in [6, 6.07) is 61.8. The second-order valence-electron chi connectivity index (χ2n) is 15.9. The van der Waals surface area contributed by atoms with Gasteiger partial charge in [0.2, 0.25) is 0 Å². The Morgan fingerprint density at radius 3 is 1.17 bits per heavy atom. The average molecular weight is 737 g/mol. The second-order valence-corrected chi connectivity index (χ2v) is 15.9. The molecule has 0 saturated heterocycles. The molecule has 0 saturated carbocycles. The molecule has 4 nitrogen and oxygen atoms in total. The first-order chi connectivity index (χ1) is 28.8. The standard InChI is InChI=1S/C54H28N2O2/c1-5-19-43-39(13-1)49-31(37-17-9-15-35-29-11-3-7-21-47(29)57-53(35)37)23-25-33-41-28-46-42(27-45(41)55(43)51(33)49)34-26-24-32(50-40-14-2-6-20-44(40)56(46)52(34)50)38-18-10-16-36-30-12-4-8-22-48(30)58-54(36)38/h1-28H. The van der Waals surface area contributed by atoms with Crippen molar-refractivity contribution in [1.29, 1.82) is 0 Å². The summed E-state index contributed by atoms with van der Waals surface area (Å²) in [4.78, 5) is 0. The smallest absolute Gasteiger partial charge is 0.143 e. The number of rotatable bonds is 2. The zero-order chi connectivity index (χ0) is 37.4. The fraction of sp³-hybridized carbons (Fsp3) is 0. The summed E-state index contributed by atoms with van der Waals surface area (Å²) in [5.41, 5.74) is 15.7. The Bertz CT molecular complexity index is 3990. The predicted molar refractivity (Wildman–Crippen MR) is 241 cm³/mol. The summed E-state index contributed by atoms with van der Waals surface area (Å²) >= 11 is 0. The molecule has 0 amide bonds. The minimum absolute atomic E-state index is 0.914. The molecule has 0 radical (unpaired) electrons. The number of hydrogen-bond donors (Lipinski definition) is 0. The molecule has 0 N–H and O–H groups in total. The van der Waals surface area contributed by atoms with Crippen LogP contribution in [0.5, 0.6) is 0 Å². The van der Waals surface area contributed by atoms with Gasteiger partial charge in [-0.25, -0.2) is 0 Å². The molecular weight excluding hydrogens is 709 g/mol. The van der Waals surface area contributed by atoms with E-state index < -0.39 is 0 Å². The lowest BCUT2D eigenvalue weighted by atomic mass is 9.95. The van der Waals surface area contributed by atoms with Gasteiger partial charge in [0.25, 0.3) is 0 Å². The van der Waals surface area contributed by atoms with E-state index in [9.17, 15) is 0 Å². The summed E-state index contributed by atoms with van der Waals surface area (Å²) in [5.74, 6) is 0. The molecule has 0 atom stereocenters. The van der Waals surface area contributed by atoms with Gasteiger partial charge in [0, 0.05) is 75.8 Å².